The highest BCUT2D eigenvalue weighted by Crippen LogP contribution is 2.25. The molecule has 0 atom stereocenters. The number of amides is 2. The van der Waals surface area contributed by atoms with Gasteiger partial charge in [0.1, 0.15) is 12.4 Å². The second kappa shape index (κ2) is 11.4. The molecule has 0 heterocycles. The molecule has 1 aliphatic carbocycles. The summed E-state index contributed by atoms with van der Waals surface area (Å²) in [5.41, 5.74) is 0. The normalized spacial score (nSPS) is 19.1. The molecule has 0 radical (unpaired) electrons. The number of rotatable bonds is 8. The first kappa shape index (κ1) is 23.4. The zero-order valence-electron chi connectivity index (χ0n) is 17.8. The Hall–Kier alpha value is -1.83. The van der Waals surface area contributed by atoms with Crippen LogP contribution in [-0.2, 0) is 9.53 Å². The van der Waals surface area contributed by atoms with Crippen LogP contribution in [0.3, 0.4) is 0 Å². The van der Waals surface area contributed by atoms with E-state index in [1.54, 1.807) is 48.2 Å². The van der Waals surface area contributed by atoms with Gasteiger partial charge in [0, 0.05) is 38.2 Å². The lowest BCUT2D eigenvalue weighted by Gasteiger charge is -2.34. The summed E-state index contributed by atoms with van der Waals surface area (Å²) in [5, 5.41) is 0.596. The van der Waals surface area contributed by atoms with Crippen LogP contribution in [-0.4, -0.2) is 86.7 Å². The van der Waals surface area contributed by atoms with E-state index < -0.39 is 0 Å². The molecule has 2 rings (SSSR count). The molecule has 0 saturated heterocycles. The molecule has 0 unspecified atom stereocenters. The maximum Gasteiger partial charge on any atom is 0.415 e. The number of ether oxygens (including phenoxy) is 2. The molecule has 0 aliphatic heterocycles. The third-order valence-corrected chi connectivity index (χ3v) is 5.50. The minimum Gasteiger partial charge on any atom is -0.410 e. The van der Waals surface area contributed by atoms with Gasteiger partial charge in [-0.25, -0.2) is 4.79 Å². The van der Waals surface area contributed by atoms with Crippen LogP contribution in [0.2, 0.25) is 5.02 Å². The Morgan fingerprint density at radius 1 is 1.00 bits per heavy atom. The van der Waals surface area contributed by atoms with Gasteiger partial charge in [0.15, 0.2) is 0 Å². The first-order valence-electron chi connectivity index (χ1n) is 9.96. The van der Waals surface area contributed by atoms with Crippen LogP contribution in [0.25, 0.3) is 0 Å². The average molecular weight is 426 g/mol. The molecule has 1 aliphatic rings. The molecule has 1 aromatic carbocycles. The number of hydrogen-bond acceptors (Lipinski definition) is 5. The number of halogens is 1. The van der Waals surface area contributed by atoms with Crippen molar-refractivity contribution in [3.8, 4) is 5.75 Å². The molecule has 0 spiro atoms. The van der Waals surface area contributed by atoms with Gasteiger partial charge >= 0.3 is 6.09 Å². The summed E-state index contributed by atoms with van der Waals surface area (Å²) in [6.45, 7) is 1.61. The van der Waals surface area contributed by atoms with Crippen LogP contribution in [0.4, 0.5) is 4.79 Å². The zero-order chi connectivity index (χ0) is 21.4. The first-order chi connectivity index (χ1) is 13.8. The lowest BCUT2D eigenvalue weighted by molar-refractivity contribution is -0.137. The molecule has 1 fully saturated rings. The van der Waals surface area contributed by atoms with Crippen molar-refractivity contribution in [3.63, 3.8) is 0 Å². The lowest BCUT2D eigenvalue weighted by atomic mass is 9.92. The predicted octanol–water partition coefficient (Wildman–Crippen LogP) is 3.12. The average Bonchev–Trinajstić information content (AvgIpc) is 2.71. The molecule has 1 saturated carbocycles. The van der Waals surface area contributed by atoms with Crippen molar-refractivity contribution in [2.75, 3.05) is 47.9 Å². The van der Waals surface area contributed by atoms with E-state index in [1.807, 2.05) is 19.0 Å². The van der Waals surface area contributed by atoms with Crippen LogP contribution in [0.15, 0.2) is 24.3 Å². The molecule has 8 heteroatoms. The van der Waals surface area contributed by atoms with E-state index in [4.69, 9.17) is 21.1 Å². The van der Waals surface area contributed by atoms with Gasteiger partial charge in [0.25, 0.3) is 0 Å². The predicted molar refractivity (Wildman–Crippen MR) is 113 cm³/mol. The fourth-order valence-corrected chi connectivity index (χ4v) is 3.32. The van der Waals surface area contributed by atoms with Gasteiger partial charge in [-0.3, -0.25) is 4.79 Å². The van der Waals surface area contributed by atoms with Crippen molar-refractivity contribution in [3.05, 3.63) is 29.3 Å². The van der Waals surface area contributed by atoms with Gasteiger partial charge in [-0.2, -0.15) is 0 Å². The molecule has 7 nitrogen and oxygen atoms in total. The van der Waals surface area contributed by atoms with Gasteiger partial charge < -0.3 is 24.2 Å². The Bertz CT molecular complexity index is 660. The van der Waals surface area contributed by atoms with Crippen molar-refractivity contribution >= 4 is 23.6 Å². The van der Waals surface area contributed by atoms with E-state index in [1.165, 1.54) is 0 Å². The number of hydrogen-bond donors (Lipinski definition) is 0. The van der Waals surface area contributed by atoms with Crippen LogP contribution >= 0.6 is 11.6 Å². The Morgan fingerprint density at radius 3 is 2.21 bits per heavy atom. The SMILES string of the molecule is CN(C)CCN(C)C(=O)COC1CCC(N(C)C(=O)Oc2ccc(Cl)cc2)CC1. The Balaban J connectivity index is 1.70. The van der Waals surface area contributed by atoms with Gasteiger partial charge in [-0.1, -0.05) is 11.6 Å². The van der Waals surface area contributed by atoms with E-state index in [0.29, 0.717) is 17.3 Å². The molecule has 0 N–H and O–H groups in total. The van der Waals surface area contributed by atoms with Crippen molar-refractivity contribution < 1.29 is 19.1 Å². The Labute approximate surface area is 178 Å². The summed E-state index contributed by atoms with van der Waals surface area (Å²) in [7, 11) is 7.52. The van der Waals surface area contributed by atoms with Crippen molar-refractivity contribution in [1.82, 2.24) is 14.7 Å². The summed E-state index contributed by atoms with van der Waals surface area (Å²) in [4.78, 5) is 29.9. The third kappa shape index (κ3) is 7.84. The van der Waals surface area contributed by atoms with Crippen LogP contribution in [0.5, 0.6) is 5.75 Å². The van der Waals surface area contributed by atoms with Crippen LogP contribution in [0.1, 0.15) is 25.7 Å². The molecule has 2 amide bonds. The maximum absolute atomic E-state index is 12.4. The number of benzene rings is 1. The summed E-state index contributed by atoms with van der Waals surface area (Å²) in [6, 6.07) is 6.82. The Kier molecular flexibility index (Phi) is 9.20. The fraction of sp³-hybridized carbons (Fsp3) is 0.619. The minimum atomic E-state index is -0.380. The van der Waals surface area contributed by atoms with E-state index in [0.717, 1.165) is 32.2 Å². The monoisotopic (exact) mass is 425 g/mol. The summed E-state index contributed by atoms with van der Waals surface area (Å²) >= 11 is 5.85. The number of likely N-dealkylation sites (N-methyl/N-ethyl adjacent to an activating group) is 2. The molecule has 0 aromatic heterocycles. The summed E-state index contributed by atoms with van der Waals surface area (Å²) in [6.07, 6.45) is 2.95. The summed E-state index contributed by atoms with van der Waals surface area (Å²) < 4.78 is 11.2. The second-order valence-electron chi connectivity index (χ2n) is 7.79. The molecule has 0 bridgehead atoms. The van der Waals surface area contributed by atoms with Crippen molar-refractivity contribution in [2.24, 2.45) is 0 Å². The van der Waals surface area contributed by atoms with Crippen molar-refractivity contribution in [2.45, 2.75) is 37.8 Å². The molecular formula is C21H32ClN3O4. The van der Waals surface area contributed by atoms with E-state index in [2.05, 4.69) is 0 Å². The zero-order valence-corrected chi connectivity index (χ0v) is 18.5. The Morgan fingerprint density at radius 2 is 1.62 bits per heavy atom. The molecular weight excluding hydrogens is 394 g/mol. The maximum atomic E-state index is 12.4. The topological polar surface area (TPSA) is 62.3 Å². The van der Waals surface area contributed by atoms with Gasteiger partial charge in [0.05, 0.1) is 6.10 Å². The summed E-state index contributed by atoms with van der Waals surface area (Å²) in [5.74, 6) is 0.470. The first-order valence-corrected chi connectivity index (χ1v) is 10.3. The molecule has 1 aromatic rings. The molecule has 29 heavy (non-hydrogen) atoms. The van der Waals surface area contributed by atoms with Gasteiger partial charge in [-0.05, 0) is 64.0 Å². The number of carbonyl (C=O) groups is 2. The lowest BCUT2D eigenvalue weighted by Crippen LogP contribution is -2.42. The highest BCUT2D eigenvalue weighted by Gasteiger charge is 2.28. The fourth-order valence-electron chi connectivity index (χ4n) is 3.20. The van der Waals surface area contributed by atoms with E-state index in [-0.39, 0.29) is 30.8 Å². The molecule has 162 valence electrons. The number of nitrogens with zero attached hydrogens (tertiary/aromatic N) is 3. The van der Waals surface area contributed by atoms with Crippen LogP contribution in [0, 0.1) is 0 Å². The smallest absolute Gasteiger partial charge is 0.410 e. The third-order valence-electron chi connectivity index (χ3n) is 5.25. The second-order valence-corrected chi connectivity index (χ2v) is 8.23. The standard InChI is InChI=1S/C21H32ClN3O4/c1-23(2)13-14-24(3)20(26)15-28-18-11-7-17(8-12-18)25(4)21(27)29-19-9-5-16(22)6-10-19/h5-6,9-10,17-18H,7-8,11-15H2,1-4H3. The van der Waals surface area contributed by atoms with Crippen LogP contribution < -0.4 is 4.74 Å². The van der Waals surface area contributed by atoms with Gasteiger partial charge in [0.2, 0.25) is 5.91 Å². The largest absolute Gasteiger partial charge is 0.415 e. The quantitative estimate of drug-likeness (QED) is 0.640. The minimum absolute atomic E-state index is 0.00219. The van der Waals surface area contributed by atoms with Crippen molar-refractivity contribution in [1.29, 1.82) is 0 Å². The highest BCUT2D eigenvalue weighted by atomic mass is 35.5. The van der Waals surface area contributed by atoms with E-state index >= 15 is 0 Å². The number of carbonyl (C=O) groups excluding carboxylic acids is 2. The van der Waals surface area contributed by atoms with E-state index in [9.17, 15) is 9.59 Å². The highest BCUT2D eigenvalue weighted by molar-refractivity contribution is 6.30. The van der Waals surface area contributed by atoms with Gasteiger partial charge in [-0.15, -0.1) is 0 Å².